The average Bonchev–Trinajstić information content (AvgIpc) is 3.42. The highest BCUT2D eigenvalue weighted by Gasteiger charge is 2.21. The van der Waals surface area contributed by atoms with Gasteiger partial charge in [0, 0.05) is 24.7 Å². The van der Waals surface area contributed by atoms with Crippen molar-refractivity contribution in [2.24, 2.45) is 0 Å². The molecule has 0 unspecified atom stereocenters. The minimum atomic E-state index is -0.251. The molecule has 1 aromatic carbocycles. The van der Waals surface area contributed by atoms with Gasteiger partial charge in [-0.25, -0.2) is 4.98 Å². The van der Waals surface area contributed by atoms with E-state index in [2.05, 4.69) is 20.2 Å². The number of methoxy groups -OCH3 is 1. The minimum absolute atomic E-state index is 0.0801. The number of halogens is 1. The zero-order valence-electron chi connectivity index (χ0n) is 17.2. The number of fused-ring (bicyclic) bond motifs is 1. The third-order valence-corrected chi connectivity index (χ3v) is 7.24. The van der Waals surface area contributed by atoms with Crippen LogP contribution in [0.2, 0.25) is 5.02 Å². The van der Waals surface area contributed by atoms with Crippen molar-refractivity contribution in [2.75, 3.05) is 36.2 Å². The number of thioether (sulfide) groups is 1. The monoisotopic (exact) mass is 479 g/mol. The Morgan fingerprint density at radius 2 is 2.10 bits per heavy atom. The number of nitrogens with zero attached hydrogens (tertiary/aromatic N) is 4. The van der Waals surface area contributed by atoms with Gasteiger partial charge in [-0.3, -0.25) is 14.2 Å². The van der Waals surface area contributed by atoms with Crippen molar-refractivity contribution in [1.82, 2.24) is 14.5 Å². The second-order valence-corrected chi connectivity index (χ2v) is 9.33. The lowest BCUT2D eigenvalue weighted by atomic mass is 10.3. The quantitative estimate of drug-likeness (QED) is 0.406. The van der Waals surface area contributed by atoms with E-state index in [1.807, 2.05) is 6.92 Å². The predicted octanol–water partition coefficient (Wildman–Crippen LogP) is 3.87. The van der Waals surface area contributed by atoms with Gasteiger partial charge < -0.3 is 15.0 Å². The van der Waals surface area contributed by atoms with Crippen LogP contribution >= 0.6 is 34.7 Å². The molecule has 1 aliphatic rings. The summed E-state index contributed by atoms with van der Waals surface area (Å²) in [6, 6.07) is 5.01. The van der Waals surface area contributed by atoms with Gasteiger partial charge in [0.2, 0.25) is 5.91 Å². The van der Waals surface area contributed by atoms with Gasteiger partial charge >= 0.3 is 0 Å². The zero-order valence-corrected chi connectivity index (χ0v) is 19.6. The van der Waals surface area contributed by atoms with Crippen LogP contribution in [0.3, 0.4) is 0 Å². The lowest BCUT2D eigenvalue weighted by Gasteiger charge is -2.11. The first-order valence-corrected chi connectivity index (χ1v) is 12.1. The fraction of sp³-hybridized carbons (Fsp3) is 0.400. The van der Waals surface area contributed by atoms with Gasteiger partial charge in [0.05, 0.1) is 18.6 Å². The molecule has 1 aliphatic heterocycles. The van der Waals surface area contributed by atoms with Crippen molar-refractivity contribution >= 4 is 61.8 Å². The summed E-state index contributed by atoms with van der Waals surface area (Å²) in [4.78, 5) is 36.9. The molecule has 1 amide bonds. The Hall–Kier alpha value is -2.30. The van der Waals surface area contributed by atoms with E-state index in [1.54, 1.807) is 22.8 Å². The van der Waals surface area contributed by atoms with E-state index in [-0.39, 0.29) is 17.2 Å². The highest BCUT2D eigenvalue weighted by atomic mass is 35.5. The molecular weight excluding hydrogens is 458 g/mol. The van der Waals surface area contributed by atoms with E-state index < -0.39 is 0 Å². The van der Waals surface area contributed by atoms with Gasteiger partial charge in [-0.15, -0.1) is 0 Å². The van der Waals surface area contributed by atoms with Gasteiger partial charge in [0.15, 0.2) is 15.9 Å². The number of hydrogen-bond acceptors (Lipinski definition) is 8. The molecule has 0 spiro atoms. The fourth-order valence-electron chi connectivity index (χ4n) is 3.40. The molecule has 0 atom stereocenters. The van der Waals surface area contributed by atoms with Crippen molar-refractivity contribution in [3.8, 4) is 5.75 Å². The summed E-state index contributed by atoms with van der Waals surface area (Å²) in [5, 5.41) is 4.61. The maximum absolute atomic E-state index is 13.0. The highest BCUT2D eigenvalue weighted by Crippen LogP contribution is 2.30. The summed E-state index contributed by atoms with van der Waals surface area (Å²) in [6.45, 7) is 4.26. The third kappa shape index (κ3) is 4.65. The number of amides is 1. The highest BCUT2D eigenvalue weighted by molar-refractivity contribution is 7.99. The molecule has 11 heteroatoms. The molecule has 1 saturated heterocycles. The molecular formula is C20H22ClN5O3S2. The van der Waals surface area contributed by atoms with Crippen LogP contribution in [0.4, 0.5) is 10.8 Å². The van der Waals surface area contributed by atoms with Crippen molar-refractivity contribution in [1.29, 1.82) is 0 Å². The number of ether oxygens (including phenoxy) is 1. The van der Waals surface area contributed by atoms with Crippen LogP contribution in [0.15, 0.2) is 28.2 Å². The van der Waals surface area contributed by atoms with Gasteiger partial charge in [-0.05, 0) is 38.0 Å². The lowest BCUT2D eigenvalue weighted by Crippen LogP contribution is -2.23. The average molecular weight is 480 g/mol. The Bertz CT molecular complexity index is 1170. The number of carbonyl (C=O) groups is 1. The van der Waals surface area contributed by atoms with Crippen LogP contribution in [0, 0.1) is 0 Å². The summed E-state index contributed by atoms with van der Waals surface area (Å²) in [7, 11) is 1.52. The van der Waals surface area contributed by atoms with Crippen LogP contribution in [0.1, 0.15) is 19.8 Å². The van der Waals surface area contributed by atoms with Gasteiger partial charge in [-0.2, -0.15) is 4.98 Å². The Morgan fingerprint density at radius 1 is 1.32 bits per heavy atom. The van der Waals surface area contributed by atoms with Crippen LogP contribution in [-0.2, 0) is 11.3 Å². The fourth-order valence-corrected chi connectivity index (χ4v) is 5.43. The van der Waals surface area contributed by atoms with Crippen molar-refractivity contribution in [2.45, 2.75) is 31.5 Å². The molecule has 0 bridgehead atoms. The third-order valence-electron chi connectivity index (χ3n) is 4.93. The Balaban J connectivity index is 1.54. The first kappa shape index (κ1) is 21.9. The molecule has 1 fully saturated rings. The van der Waals surface area contributed by atoms with E-state index >= 15 is 0 Å². The SMILES string of the molecule is CCn1c(SCC(=O)Nc2cc(Cl)ccc2OC)nc2nc(N3CCCC3)sc2c1=O. The van der Waals surface area contributed by atoms with Crippen LogP contribution in [0.5, 0.6) is 5.75 Å². The summed E-state index contributed by atoms with van der Waals surface area (Å²) in [6.07, 6.45) is 2.27. The first-order valence-electron chi connectivity index (χ1n) is 9.92. The molecule has 164 valence electrons. The Morgan fingerprint density at radius 3 is 2.81 bits per heavy atom. The molecule has 8 nitrogen and oxygen atoms in total. The summed E-state index contributed by atoms with van der Waals surface area (Å²) in [5.41, 5.74) is 0.822. The molecule has 31 heavy (non-hydrogen) atoms. The van der Waals surface area contributed by atoms with E-state index in [1.165, 1.54) is 30.2 Å². The molecule has 0 saturated carbocycles. The molecule has 1 N–H and O–H groups in total. The van der Waals surface area contributed by atoms with Gasteiger partial charge in [0.25, 0.3) is 5.56 Å². The number of nitrogens with one attached hydrogen (secondary N) is 1. The van der Waals surface area contributed by atoms with E-state index in [9.17, 15) is 9.59 Å². The number of carbonyl (C=O) groups excluding carboxylic acids is 1. The zero-order chi connectivity index (χ0) is 22.0. The predicted molar refractivity (Wildman–Crippen MR) is 126 cm³/mol. The van der Waals surface area contributed by atoms with E-state index in [0.717, 1.165) is 31.1 Å². The Labute approximate surface area is 192 Å². The second kappa shape index (κ2) is 9.46. The van der Waals surface area contributed by atoms with Crippen LogP contribution < -0.4 is 20.5 Å². The minimum Gasteiger partial charge on any atom is -0.495 e. The first-order chi connectivity index (χ1) is 15.0. The maximum atomic E-state index is 13.0. The molecule has 4 rings (SSSR count). The Kier molecular flexibility index (Phi) is 6.68. The smallest absolute Gasteiger partial charge is 0.273 e. The van der Waals surface area contributed by atoms with Gasteiger partial charge in [-0.1, -0.05) is 34.7 Å². The summed E-state index contributed by atoms with van der Waals surface area (Å²) >= 11 is 8.62. The number of hydrogen-bond donors (Lipinski definition) is 1. The molecule has 3 aromatic rings. The van der Waals surface area contributed by atoms with Crippen LogP contribution in [-0.4, -0.2) is 46.4 Å². The number of rotatable bonds is 7. The molecule has 2 aromatic heterocycles. The van der Waals surface area contributed by atoms with E-state index in [4.69, 9.17) is 16.3 Å². The van der Waals surface area contributed by atoms with Crippen molar-refractivity contribution in [3.63, 3.8) is 0 Å². The number of aromatic nitrogens is 3. The lowest BCUT2D eigenvalue weighted by molar-refractivity contribution is -0.113. The molecule has 0 radical (unpaired) electrons. The standard InChI is InChI=1S/C20H22ClN5O3S2/c1-3-26-18(28)16-17(23-19(31-16)25-8-4-5-9-25)24-20(26)30-11-15(27)22-13-10-12(21)6-7-14(13)29-2/h6-7,10H,3-5,8-9,11H2,1-2H3,(H,22,27). The maximum Gasteiger partial charge on any atom is 0.273 e. The molecule has 3 heterocycles. The second-order valence-electron chi connectivity index (χ2n) is 6.97. The van der Waals surface area contributed by atoms with E-state index in [0.29, 0.717) is 38.5 Å². The van der Waals surface area contributed by atoms with Crippen molar-refractivity contribution < 1.29 is 9.53 Å². The largest absolute Gasteiger partial charge is 0.495 e. The summed E-state index contributed by atoms with van der Waals surface area (Å²) < 4.78 is 7.41. The number of thiazole rings is 1. The summed E-state index contributed by atoms with van der Waals surface area (Å²) in [5.74, 6) is 0.347. The van der Waals surface area contributed by atoms with Crippen molar-refractivity contribution in [3.05, 3.63) is 33.6 Å². The van der Waals surface area contributed by atoms with Gasteiger partial charge in [0.1, 0.15) is 10.4 Å². The normalized spacial score (nSPS) is 13.7. The number of benzene rings is 1. The topological polar surface area (TPSA) is 89.3 Å². The number of anilines is 2. The molecule has 0 aliphatic carbocycles. The van der Waals surface area contributed by atoms with Crippen LogP contribution in [0.25, 0.3) is 10.3 Å².